The molecule has 126 valence electrons. The van der Waals surface area contributed by atoms with Crippen molar-refractivity contribution < 1.29 is 17.6 Å². The molecule has 0 aliphatic rings. The number of hydrogen-bond acceptors (Lipinski definition) is 6. The van der Waals surface area contributed by atoms with Gasteiger partial charge in [0, 0.05) is 6.20 Å². The molecule has 0 amide bonds. The van der Waals surface area contributed by atoms with Crippen molar-refractivity contribution in [1.82, 2.24) is 19.9 Å². The van der Waals surface area contributed by atoms with E-state index < -0.39 is 11.7 Å². The molecule has 0 radical (unpaired) electrons. The van der Waals surface area contributed by atoms with Gasteiger partial charge in [0.25, 0.3) is 0 Å². The van der Waals surface area contributed by atoms with E-state index in [-0.39, 0.29) is 15.2 Å². The van der Waals surface area contributed by atoms with Crippen LogP contribution >= 0.6 is 23.4 Å². The third-order valence-corrected chi connectivity index (χ3v) is 4.47. The third kappa shape index (κ3) is 3.06. The molecule has 0 aliphatic carbocycles. The van der Waals surface area contributed by atoms with E-state index in [9.17, 15) is 13.2 Å². The predicted molar refractivity (Wildman–Crippen MR) is 81.0 cm³/mol. The van der Waals surface area contributed by atoms with Gasteiger partial charge in [0.1, 0.15) is 10.8 Å². The Bertz CT molecular complexity index is 892. The maximum Gasteiger partial charge on any atom is 0.417 e. The van der Waals surface area contributed by atoms with Crippen LogP contribution in [0.4, 0.5) is 13.2 Å². The Balaban J connectivity index is 1.90. The average molecular weight is 376 g/mol. The van der Waals surface area contributed by atoms with Gasteiger partial charge in [-0.3, -0.25) is 0 Å². The number of furan rings is 1. The summed E-state index contributed by atoms with van der Waals surface area (Å²) in [5.74, 6) is 6.90. The van der Waals surface area contributed by atoms with E-state index in [4.69, 9.17) is 21.9 Å². The van der Waals surface area contributed by atoms with Gasteiger partial charge < -0.3 is 10.3 Å². The largest absolute Gasteiger partial charge is 0.469 e. The summed E-state index contributed by atoms with van der Waals surface area (Å²) in [7, 11) is 0. The standard InChI is InChI=1S/C13H9ClF3N5OS/c1-6-8(2-3-23-6)10-20-21-12(22(10)18)24-11-9(14)4-7(5-19-11)13(15,16)17/h2-5H,18H2,1H3. The molecular formula is C13H9ClF3N5OS. The van der Waals surface area contributed by atoms with Gasteiger partial charge in [0.15, 0.2) is 5.82 Å². The van der Waals surface area contributed by atoms with E-state index in [1.54, 1.807) is 13.0 Å². The fourth-order valence-corrected chi connectivity index (χ4v) is 2.87. The number of nitrogens with two attached hydrogens (primary N) is 1. The molecule has 24 heavy (non-hydrogen) atoms. The molecule has 3 rings (SSSR count). The molecule has 0 bridgehead atoms. The normalized spacial score (nSPS) is 11.9. The molecular weight excluding hydrogens is 367 g/mol. The summed E-state index contributed by atoms with van der Waals surface area (Å²) < 4.78 is 44.3. The number of aromatic nitrogens is 4. The molecule has 0 aromatic carbocycles. The smallest absolute Gasteiger partial charge is 0.417 e. The van der Waals surface area contributed by atoms with Crippen LogP contribution in [0.25, 0.3) is 11.4 Å². The summed E-state index contributed by atoms with van der Waals surface area (Å²) in [4.78, 5) is 3.73. The van der Waals surface area contributed by atoms with Gasteiger partial charge in [-0.1, -0.05) is 11.6 Å². The number of rotatable bonds is 3. The van der Waals surface area contributed by atoms with Gasteiger partial charge in [-0.25, -0.2) is 9.66 Å². The van der Waals surface area contributed by atoms with Gasteiger partial charge >= 0.3 is 6.18 Å². The van der Waals surface area contributed by atoms with Crippen molar-refractivity contribution in [2.45, 2.75) is 23.3 Å². The summed E-state index contributed by atoms with van der Waals surface area (Å²) in [6, 6.07) is 2.48. The number of nitrogen functional groups attached to an aromatic ring is 1. The second kappa shape index (κ2) is 6.02. The second-order valence-corrected chi connectivity index (χ2v) is 6.04. The number of aryl methyl sites for hydroxylation is 1. The van der Waals surface area contributed by atoms with E-state index in [1.807, 2.05) is 0 Å². The molecule has 3 aromatic heterocycles. The Hall–Kier alpha value is -2.20. The maximum atomic E-state index is 12.6. The van der Waals surface area contributed by atoms with Crippen molar-refractivity contribution in [2.24, 2.45) is 0 Å². The molecule has 0 saturated heterocycles. The molecule has 0 fully saturated rings. The molecule has 3 aromatic rings. The van der Waals surface area contributed by atoms with Gasteiger partial charge in [0.2, 0.25) is 5.16 Å². The lowest BCUT2D eigenvalue weighted by Crippen LogP contribution is -2.11. The van der Waals surface area contributed by atoms with E-state index >= 15 is 0 Å². The molecule has 0 atom stereocenters. The van der Waals surface area contributed by atoms with Crippen molar-refractivity contribution in [3.8, 4) is 11.4 Å². The molecule has 6 nitrogen and oxygen atoms in total. The lowest BCUT2D eigenvalue weighted by molar-refractivity contribution is -0.137. The minimum Gasteiger partial charge on any atom is -0.469 e. The Morgan fingerprint density at radius 2 is 2.08 bits per heavy atom. The zero-order chi connectivity index (χ0) is 17.5. The first-order valence-electron chi connectivity index (χ1n) is 6.43. The Morgan fingerprint density at radius 3 is 2.67 bits per heavy atom. The van der Waals surface area contributed by atoms with Crippen LogP contribution in [0.1, 0.15) is 11.3 Å². The number of hydrogen-bond donors (Lipinski definition) is 1. The van der Waals surface area contributed by atoms with Crippen molar-refractivity contribution >= 4 is 23.4 Å². The fraction of sp³-hybridized carbons (Fsp3) is 0.154. The van der Waals surface area contributed by atoms with E-state index in [0.29, 0.717) is 23.3 Å². The highest BCUT2D eigenvalue weighted by molar-refractivity contribution is 7.99. The number of alkyl halides is 3. The van der Waals surface area contributed by atoms with Crippen LogP contribution < -0.4 is 5.84 Å². The number of pyridine rings is 1. The minimum absolute atomic E-state index is 0.138. The molecule has 3 heterocycles. The van der Waals surface area contributed by atoms with Gasteiger partial charge in [-0.2, -0.15) is 13.2 Å². The minimum atomic E-state index is -4.51. The molecule has 11 heteroatoms. The molecule has 0 aliphatic heterocycles. The second-order valence-electron chi connectivity index (χ2n) is 4.68. The van der Waals surface area contributed by atoms with Crippen molar-refractivity contribution in [1.29, 1.82) is 0 Å². The molecule has 0 unspecified atom stereocenters. The molecule has 0 saturated carbocycles. The lowest BCUT2D eigenvalue weighted by Gasteiger charge is -2.08. The Labute approximate surface area is 142 Å². The van der Waals surface area contributed by atoms with Crippen LogP contribution in [0.5, 0.6) is 0 Å². The summed E-state index contributed by atoms with van der Waals surface area (Å²) in [6.07, 6.45) is -2.33. The van der Waals surface area contributed by atoms with Gasteiger partial charge in [-0.05, 0) is 30.8 Å². The van der Waals surface area contributed by atoms with E-state index in [1.165, 1.54) is 10.9 Å². The highest BCUT2D eigenvalue weighted by atomic mass is 35.5. The van der Waals surface area contributed by atoms with E-state index in [0.717, 1.165) is 17.8 Å². The highest BCUT2D eigenvalue weighted by Gasteiger charge is 2.31. The van der Waals surface area contributed by atoms with Crippen LogP contribution in [-0.4, -0.2) is 19.9 Å². The highest BCUT2D eigenvalue weighted by Crippen LogP contribution is 2.36. The Kier molecular flexibility index (Phi) is 4.18. The topological polar surface area (TPSA) is 82.8 Å². The molecule has 0 spiro atoms. The summed E-state index contributed by atoms with van der Waals surface area (Å²) in [6.45, 7) is 1.74. The van der Waals surface area contributed by atoms with Crippen molar-refractivity contribution in [3.63, 3.8) is 0 Å². The first-order valence-corrected chi connectivity index (χ1v) is 7.62. The monoisotopic (exact) mass is 375 g/mol. The SMILES string of the molecule is Cc1occc1-c1nnc(Sc2ncc(C(F)(F)F)cc2Cl)n1N. The van der Waals surface area contributed by atoms with Crippen molar-refractivity contribution in [3.05, 3.63) is 40.9 Å². The fourth-order valence-electron chi connectivity index (χ4n) is 1.89. The first-order chi connectivity index (χ1) is 11.3. The maximum absolute atomic E-state index is 12.6. The van der Waals surface area contributed by atoms with Crippen LogP contribution in [0, 0.1) is 6.92 Å². The summed E-state index contributed by atoms with van der Waals surface area (Å²) >= 11 is 6.78. The third-order valence-electron chi connectivity index (χ3n) is 3.09. The zero-order valence-electron chi connectivity index (χ0n) is 12.0. The zero-order valence-corrected chi connectivity index (χ0v) is 13.6. The van der Waals surface area contributed by atoms with Gasteiger partial charge in [0.05, 0.1) is 22.4 Å². The average Bonchev–Trinajstić information content (AvgIpc) is 3.07. The molecule has 2 N–H and O–H groups in total. The van der Waals surface area contributed by atoms with Crippen LogP contribution in [0.2, 0.25) is 5.02 Å². The van der Waals surface area contributed by atoms with E-state index in [2.05, 4.69) is 15.2 Å². The van der Waals surface area contributed by atoms with Gasteiger partial charge in [-0.15, -0.1) is 10.2 Å². The number of nitrogens with zero attached hydrogens (tertiary/aromatic N) is 4. The summed E-state index contributed by atoms with van der Waals surface area (Å²) in [5, 5.41) is 8.07. The summed E-state index contributed by atoms with van der Waals surface area (Å²) in [5.41, 5.74) is -0.274. The first kappa shape index (κ1) is 16.7. The Morgan fingerprint density at radius 1 is 1.33 bits per heavy atom. The lowest BCUT2D eigenvalue weighted by atomic mass is 10.2. The van der Waals surface area contributed by atoms with Crippen LogP contribution in [-0.2, 0) is 6.18 Å². The van der Waals surface area contributed by atoms with Crippen molar-refractivity contribution in [2.75, 3.05) is 5.84 Å². The van der Waals surface area contributed by atoms with Crippen LogP contribution in [0.3, 0.4) is 0 Å². The predicted octanol–water partition coefficient (Wildman–Crippen LogP) is 3.78. The number of halogens is 4. The quantitative estimate of drug-likeness (QED) is 0.701. The van der Waals surface area contributed by atoms with Crippen LogP contribution in [0.15, 0.2) is 39.2 Å².